The quantitative estimate of drug-likeness (QED) is 0.127. The van der Waals surface area contributed by atoms with Gasteiger partial charge in [-0.25, -0.2) is 9.37 Å². The fraction of sp³-hybridized carbons (Fsp3) is 0.367. The Morgan fingerprint density at radius 1 is 0.954 bits per heavy atom. The molecule has 4 atom stereocenters. The molecular weight excluding hydrogens is 872 g/mol. The third kappa shape index (κ3) is 11.4. The number of fused-ring (bicyclic) bond motifs is 2. The number of aromatic nitrogens is 2. The number of imidazole rings is 1. The number of carbonyl (C=O) groups is 4. The highest BCUT2D eigenvalue weighted by Crippen LogP contribution is 2.35. The maximum atomic E-state index is 15.4. The number of ether oxygens (including phenoxy) is 1. The maximum Gasteiger partial charge on any atom is 0.245 e. The highest BCUT2D eigenvalue weighted by Gasteiger charge is 2.43. The second-order valence-corrected chi connectivity index (χ2v) is 18.2. The zero-order valence-electron chi connectivity index (χ0n) is 36.9. The van der Waals surface area contributed by atoms with Gasteiger partial charge in [0.05, 0.1) is 48.1 Å². The van der Waals surface area contributed by atoms with E-state index in [2.05, 4.69) is 15.6 Å². The van der Waals surface area contributed by atoms with Gasteiger partial charge in [0.2, 0.25) is 23.6 Å². The van der Waals surface area contributed by atoms with Crippen LogP contribution in [0.25, 0.3) is 11.3 Å². The number of amides is 4. The highest BCUT2D eigenvalue weighted by molar-refractivity contribution is 6.31. The van der Waals surface area contributed by atoms with Gasteiger partial charge in [0.1, 0.15) is 35.2 Å². The maximum absolute atomic E-state index is 15.4. The molecule has 0 unspecified atom stereocenters. The second-order valence-electron chi connectivity index (χ2n) is 17.3. The molecule has 2 fully saturated rings. The lowest BCUT2D eigenvalue weighted by atomic mass is 9.81. The number of piperidine rings is 1. The molecule has 0 radical (unpaired) electrons. The number of carbonyl (C=O) groups excluding carboxylic acids is 4. The molecule has 13 nitrogen and oxygen atoms in total. The fourth-order valence-corrected chi connectivity index (χ4v) is 8.97. The Hall–Kier alpha value is -5.80. The van der Waals surface area contributed by atoms with E-state index >= 15 is 4.39 Å². The molecule has 0 saturated carbocycles. The van der Waals surface area contributed by atoms with Gasteiger partial charge >= 0.3 is 0 Å². The first kappa shape index (κ1) is 47.2. The van der Waals surface area contributed by atoms with Crippen molar-refractivity contribution in [3.05, 3.63) is 136 Å². The van der Waals surface area contributed by atoms with E-state index < -0.39 is 53.7 Å². The highest BCUT2D eigenvalue weighted by atomic mass is 35.5. The Balaban J connectivity index is 1.22. The van der Waals surface area contributed by atoms with E-state index in [1.54, 1.807) is 35.4 Å². The summed E-state index contributed by atoms with van der Waals surface area (Å²) in [6.45, 7) is 1.58. The molecule has 2 aliphatic rings. The smallest absolute Gasteiger partial charge is 0.245 e. The number of aliphatic hydroxyl groups is 1. The van der Waals surface area contributed by atoms with Crippen LogP contribution >= 0.6 is 23.2 Å². The molecule has 1 aromatic heterocycles. The van der Waals surface area contributed by atoms with Crippen molar-refractivity contribution < 1.29 is 33.4 Å². The Bertz CT molecular complexity index is 2510. The number of aliphatic hydroxyl groups excluding tert-OH is 1. The molecular formula is C49H54Cl2FN7O6. The van der Waals surface area contributed by atoms with Gasteiger partial charge in [-0.1, -0.05) is 65.7 Å². The lowest BCUT2D eigenvalue weighted by Gasteiger charge is -2.45. The van der Waals surface area contributed by atoms with Crippen LogP contribution in [0.15, 0.2) is 97.2 Å². The first-order valence-corrected chi connectivity index (χ1v) is 22.4. The van der Waals surface area contributed by atoms with E-state index in [1.807, 2.05) is 85.2 Å². The van der Waals surface area contributed by atoms with Gasteiger partial charge in [-0.15, -0.1) is 0 Å². The van der Waals surface area contributed by atoms with Gasteiger partial charge in [0, 0.05) is 48.8 Å². The van der Waals surface area contributed by atoms with Crippen LogP contribution in [0.5, 0.6) is 11.5 Å². The fourth-order valence-electron chi connectivity index (χ4n) is 8.69. The third-order valence-electron chi connectivity index (χ3n) is 12.2. The van der Waals surface area contributed by atoms with Crippen LogP contribution in [0, 0.1) is 11.7 Å². The summed E-state index contributed by atoms with van der Waals surface area (Å²) in [5.41, 5.74) is 2.71. The van der Waals surface area contributed by atoms with Crippen molar-refractivity contribution in [1.29, 1.82) is 0 Å². The minimum Gasteiger partial charge on any atom is -0.457 e. The summed E-state index contributed by atoms with van der Waals surface area (Å²) in [5.74, 6) is -2.47. The summed E-state index contributed by atoms with van der Waals surface area (Å²) >= 11 is 12.5. The first-order valence-electron chi connectivity index (χ1n) is 21.6. The molecule has 4 aromatic carbocycles. The Morgan fingerprint density at radius 3 is 2.37 bits per heavy atom. The predicted molar refractivity (Wildman–Crippen MR) is 247 cm³/mol. The molecule has 342 valence electrons. The van der Waals surface area contributed by atoms with Crippen molar-refractivity contribution >= 4 is 46.8 Å². The van der Waals surface area contributed by atoms with Crippen LogP contribution < -0.4 is 15.4 Å². The van der Waals surface area contributed by atoms with E-state index in [0.29, 0.717) is 43.1 Å². The molecule has 5 aromatic rings. The van der Waals surface area contributed by atoms with E-state index in [-0.39, 0.29) is 48.2 Å². The lowest BCUT2D eigenvalue weighted by Crippen LogP contribution is -2.65. The number of rotatable bonds is 12. The molecule has 16 heteroatoms. The standard InChI is InChI=1S/C49H54Cl2FN7O6/c1-31-46(62)54-41(29-60)47(63)55-49(25-33-11-15-37(50)16-12-33)19-8-20-58(30-49)48(64)35(21-32-9-6-5-7-10-32)23-45(61)59(31)27-36-22-40(52)39(51)24-43(36)65-38-17-13-34(14-18-38)42-26-53-44(57(42)4)28-56(2)3/h5-7,9-18,22,24,26,31,35,41,60H,8,19-21,23,25,27-30H2,1-4H3,(H,54,62)(H,55,63)/t31-,35+,41-,49+/m0/s1. The topological polar surface area (TPSA) is 149 Å². The second kappa shape index (κ2) is 20.6. The molecule has 0 aliphatic carbocycles. The van der Waals surface area contributed by atoms with Gasteiger partial charge < -0.3 is 39.7 Å². The molecule has 4 amide bonds. The lowest BCUT2D eigenvalue weighted by molar-refractivity contribution is -0.147. The summed E-state index contributed by atoms with van der Waals surface area (Å²) in [5, 5.41) is 16.6. The van der Waals surface area contributed by atoms with Crippen LogP contribution in [-0.2, 0) is 52.2 Å². The van der Waals surface area contributed by atoms with Crippen LogP contribution in [0.2, 0.25) is 10.0 Å². The number of nitrogens with one attached hydrogen (secondary N) is 2. The molecule has 2 saturated heterocycles. The molecule has 0 spiro atoms. The number of hydrogen-bond donors (Lipinski definition) is 3. The molecule has 2 aliphatic heterocycles. The number of halogens is 3. The summed E-state index contributed by atoms with van der Waals surface area (Å²) < 4.78 is 23.8. The average Bonchev–Trinajstić information content (AvgIpc) is 3.64. The first-order chi connectivity index (χ1) is 31.1. The van der Waals surface area contributed by atoms with Crippen molar-refractivity contribution in [2.75, 3.05) is 33.8 Å². The minimum atomic E-state index is -1.40. The number of benzene rings is 4. The van der Waals surface area contributed by atoms with Crippen LogP contribution in [0.4, 0.5) is 4.39 Å². The van der Waals surface area contributed by atoms with Crippen LogP contribution in [0.1, 0.15) is 48.7 Å². The van der Waals surface area contributed by atoms with Gasteiger partial charge in [-0.2, -0.15) is 0 Å². The van der Waals surface area contributed by atoms with Crippen molar-refractivity contribution in [2.24, 2.45) is 13.0 Å². The van der Waals surface area contributed by atoms with Crippen molar-refractivity contribution in [3.8, 4) is 22.8 Å². The molecule has 3 N–H and O–H groups in total. The van der Waals surface area contributed by atoms with Crippen LogP contribution in [0.3, 0.4) is 0 Å². The number of nitrogens with zero attached hydrogens (tertiary/aromatic N) is 5. The van der Waals surface area contributed by atoms with Gasteiger partial charge in [-0.05, 0) is 100 Å². The molecule has 2 bridgehead atoms. The minimum absolute atomic E-state index is 0.122. The number of hydrogen-bond acceptors (Lipinski definition) is 8. The summed E-state index contributed by atoms with van der Waals surface area (Å²) in [7, 11) is 5.89. The van der Waals surface area contributed by atoms with E-state index in [0.717, 1.165) is 34.3 Å². The average molecular weight is 927 g/mol. The summed E-state index contributed by atoms with van der Waals surface area (Å²) in [6, 6.07) is 23.6. The summed E-state index contributed by atoms with van der Waals surface area (Å²) in [4.78, 5) is 67.6. The van der Waals surface area contributed by atoms with Crippen molar-refractivity contribution in [2.45, 2.75) is 69.7 Å². The zero-order chi connectivity index (χ0) is 46.4. The van der Waals surface area contributed by atoms with Crippen LogP contribution in [-0.4, -0.2) is 104 Å². The van der Waals surface area contributed by atoms with Gasteiger partial charge in [0.15, 0.2) is 0 Å². The molecule has 7 rings (SSSR count). The van der Waals surface area contributed by atoms with E-state index in [4.69, 9.17) is 27.9 Å². The van der Waals surface area contributed by atoms with E-state index in [1.165, 1.54) is 17.9 Å². The monoisotopic (exact) mass is 925 g/mol. The largest absolute Gasteiger partial charge is 0.457 e. The SMILES string of the molecule is C[C@H]1C(=O)N[C@@H](CO)C(=O)N[C@@]2(Cc3ccc(Cl)cc3)CCCN(C2)C(=O)[C@H](Cc2ccccc2)CC(=O)N1Cc1cc(F)c(Cl)cc1Oc1ccc(-c2cnc(CN(C)C)n2C)cc1. The Kier molecular flexibility index (Phi) is 14.9. The van der Waals surface area contributed by atoms with Gasteiger partial charge in [0.25, 0.3) is 0 Å². The molecule has 65 heavy (non-hydrogen) atoms. The van der Waals surface area contributed by atoms with Crippen molar-refractivity contribution in [3.63, 3.8) is 0 Å². The molecule has 3 heterocycles. The zero-order valence-corrected chi connectivity index (χ0v) is 38.4. The van der Waals surface area contributed by atoms with Gasteiger partial charge in [-0.3, -0.25) is 19.2 Å². The van der Waals surface area contributed by atoms with Crippen molar-refractivity contribution in [1.82, 2.24) is 34.9 Å². The van der Waals surface area contributed by atoms with E-state index in [9.17, 15) is 24.3 Å². The predicted octanol–water partition coefficient (Wildman–Crippen LogP) is 6.56. The Morgan fingerprint density at radius 2 is 1.68 bits per heavy atom. The third-order valence-corrected chi connectivity index (χ3v) is 12.7. The Labute approximate surface area is 388 Å². The summed E-state index contributed by atoms with van der Waals surface area (Å²) in [6.07, 6.45) is 3.12. The normalized spacial score (nSPS) is 21.0.